The first-order valence-corrected chi connectivity index (χ1v) is 13.8. The van der Waals surface area contributed by atoms with E-state index >= 15 is 0 Å². The van der Waals surface area contributed by atoms with Crippen LogP contribution in [0.15, 0.2) is 59.7 Å². The number of alkyl halides is 2. The number of benzene rings is 2. The average molecular weight is 612 g/mol. The van der Waals surface area contributed by atoms with Gasteiger partial charge in [-0.2, -0.15) is 8.78 Å². The van der Waals surface area contributed by atoms with Gasteiger partial charge in [0.2, 0.25) is 5.95 Å². The molecule has 4 aromatic rings. The van der Waals surface area contributed by atoms with Crippen molar-refractivity contribution in [1.29, 1.82) is 0 Å². The van der Waals surface area contributed by atoms with E-state index in [0.29, 0.717) is 47.6 Å². The molecule has 1 aliphatic heterocycles. The quantitative estimate of drug-likeness (QED) is 0.258. The number of ether oxygens (including phenoxy) is 1. The summed E-state index contributed by atoms with van der Waals surface area (Å²) in [4.78, 5) is 48.7. The van der Waals surface area contributed by atoms with Crippen molar-refractivity contribution in [2.24, 2.45) is 7.05 Å². The Labute approximate surface area is 249 Å². The summed E-state index contributed by atoms with van der Waals surface area (Å²) in [6, 6.07) is 11.5. The Kier molecular flexibility index (Phi) is 8.76. The van der Waals surface area contributed by atoms with Crippen LogP contribution < -0.4 is 20.5 Å². The molecule has 5 rings (SSSR count). The zero-order valence-corrected chi connectivity index (χ0v) is 23.9. The van der Waals surface area contributed by atoms with E-state index in [1.807, 2.05) is 23.2 Å². The van der Waals surface area contributed by atoms with Gasteiger partial charge in [0.1, 0.15) is 11.9 Å². The molecule has 232 valence electrons. The van der Waals surface area contributed by atoms with E-state index < -0.39 is 31.3 Å². The van der Waals surface area contributed by atoms with Gasteiger partial charge in [-0.25, -0.2) is 14.8 Å². The number of amides is 2. The van der Waals surface area contributed by atoms with Crippen molar-refractivity contribution in [3.8, 4) is 16.9 Å². The van der Waals surface area contributed by atoms with Crippen LogP contribution in [-0.2, 0) is 18.4 Å². The molecule has 15 heteroatoms. The lowest BCUT2D eigenvalue weighted by atomic mass is 10.1. The van der Waals surface area contributed by atoms with E-state index in [4.69, 9.17) is 5.11 Å². The lowest BCUT2D eigenvalue weighted by Crippen LogP contribution is -2.57. The maximum atomic E-state index is 13.0. The van der Waals surface area contributed by atoms with Crippen molar-refractivity contribution in [2.75, 3.05) is 31.1 Å². The summed E-state index contributed by atoms with van der Waals surface area (Å²) < 4.78 is 33.7. The number of aromatic nitrogens is 4. The van der Waals surface area contributed by atoms with Crippen LogP contribution in [0.3, 0.4) is 0 Å². The molecule has 13 nitrogen and oxygen atoms in total. The number of carboxylic acid groups (broad SMARTS) is 1. The van der Waals surface area contributed by atoms with Crippen LogP contribution in [-0.4, -0.2) is 91.4 Å². The fourth-order valence-corrected chi connectivity index (χ4v) is 5.31. The predicted molar refractivity (Wildman–Crippen MR) is 156 cm³/mol. The van der Waals surface area contributed by atoms with Crippen molar-refractivity contribution < 1.29 is 33.3 Å². The molecule has 2 atom stereocenters. The second-order valence-corrected chi connectivity index (χ2v) is 10.4. The smallest absolute Gasteiger partial charge is 0.404 e. The number of carbonyl (C=O) groups excluding carboxylic acids is 1. The van der Waals surface area contributed by atoms with E-state index in [9.17, 15) is 28.3 Å². The van der Waals surface area contributed by atoms with E-state index in [0.717, 1.165) is 5.56 Å². The number of piperazine rings is 1. The van der Waals surface area contributed by atoms with Gasteiger partial charge in [0.05, 0.1) is 24.0 Å². The summed E-state index contributed by atoms with van der Waals surface area (Å²) >= 11 is 0. The molecule has 1 fully saturated rings. The highest BCUT2D eigenvalue weighted by Gasteiger charge is 2.32. The van der Waals surface area contributed by atoms with Crippen LogP contribution in [0, 0.1) is 0 Å². The van der Waals surface area contributed by atoms with Gasteiger partial charge >= 0.3 is 12.7 Å². The molecule has 2 amide bonds. The molecule has 0 bridgehead atoms. The summed E-state index contributed by atoms with van der Waals surface area (Å²) in [5.41, 5.74) is 2.29. The Hall–Kier alpha value is -5.05. The third kappa shape index (κ3) is 6.32. The van der Waals surface area contributed by atoms with E-state index in [-0.39, 0.29) is 23.9 Å². The fraction of sp³-hybridized carbons (Fsp3) is 0.345. The molecule has 0 spiro atoms. The molecule has 3 N–H and O–H groups in total. The molecule has 2 unspecified atom stereocenters. The summed E-state index contributed by atoms with van der Waals surface area (Å²) in [6.07, 6.45) is 0.514. The highest BCUT2D eigenvalue weighted by Crippen LogP contribution is 2.27. The second kappa shape index (κ2) is 12.7. The van der Waals surface area contributed by atoms with Crippen molar-refractivity contribution in [3.05, 3.63) is 70.8 Å². The first-order valence-electron chi connectivity index (χ1n) is 13.8. The number of halogens is 2. The Bertz CT molecular complexity index is 1730. The van der Waals surface area contributed by atoms with Gasteiger partial charge in [0.15, 0.2) is 0 Å². The Morgan fingerprint density at radius 3 is 2.52 bits per heavy atom. The number of aliphatic hydroxyl groups is 1. The highest BCUT2D eigenvalue weighted by atomic mass is 19.3. The van der Waals surface area contributed by atoms with Crippen molar-refractivity contribution in [3.63, 3.8) is 0 Å². The number of hydrogen-bond donors (Lipinski definition) is 3. The summed E-state index contributed by atoms with van der Waals surface area (Å²) in [6.45, 7) is -0.318. The number of para-hydroxylation sites is 1. The Balaban J connectivity index is 1.33. The second-order valence-electron chi connectivity index (χ2n) is 10.4. The van der Waals surface area contributed by atoms with Gasteiger partial charge in [0, 0.05) is 56.2 Å². The third-order valence-electron chi connectivity index (χ3n) is 7.57. The number of carbonyl (C=O) groups is 2. The van der Waals surface area contributed by atoms with E-state index in [1.165, 1.54) is 15.6 Å². The van der Waals surface area contributed by atoms with Gasteiger partial charge < -0.3 is 30.1 Å². The van der Waals surface area contributed by atoms with Gasteiger partial charge in [0.25, 0.3) is 11.5 Å². The number of nitrogens with one attached hydrogen (secondary N) is 1. The lowest BCUT2D eigenvalue weighted by molar-refractivity contribution is -0.142. The molecule has 0 aliphatic carbocycles. The Morgan fingerprint density at radius 1 is 1.11 bits per heavy atom. The number of hydrogen-bond acceptors (Lipinski definition) is 8. The summed E-state index contributed by atoms with van der Waals surface area (Å²) in [5.74, 6) is -0.0704. The molecule has 2 aromatic carbocycles. The van der Waals surface area contributed by atoms with E-state index in [1.54, 1.807) is 54.5 Å². The third-order valence-corrected chi connectivity index (χ3v) is 7.57. The number of fused-ring (bicyclic) bond motifs is 1. The van der Waals surface area contributed by atoms with Gasteiger partial charge in [-0.15, -0.1) is 0 Å². The SMILES string of the molecule is CC1CN(c2ncc(-c3ccc4c(=O)n(C)n(Cc5ccccc5OC(F)F)c4c3)cn2)CCN1C(=O)C(O)CNC(=O)O. The molecule has 44 heavy (non-hydrogen) atoms. The number of nitrogens with zero attached hydrogens (tertiary/aromatic N) is 6. The highest BCUT2D eigenvalue weighted by molar-refractivity contribution is 5.84. The number of aliphatic hydroxyl groups excluding tert-OH is 1. The fourth-order valence-electron chi connectivity index (χ4n) is 5.31. The lowest BCUT2D eigenvalue weighted by Gasteiger charge is -2.40. The van der Waals surface area contributed by atoms with Crippen molar-refractivity contribution >= 4 is 28.9 Å². The maximum absolute atomic E-state index is 13.0. The molecular weight excluding hydrogens is 580 g/mol. The van der Waals surface area contributed by atoms with Crippen LogP contribution in [0.1, 0.15) is 12.5 Å². The molecule has 1 aliphatic rings. The van der Waals surface area contributed by atoms with Crippen molar-refractivity contribution in [1.82, 2.24) is 29.5 Å². The zero-order chi connectivity index (χ0) is 31.5. The van der Waals surface area contributed by atoms with Crippen LogP contribution in [0.5, 0.6) is 5.75 Å². The molecular formula is C29H31F2N7O6. The summed E-state index contributed by atoms with van der Waals surface area (Å²) in [5, 5.41) is 21.3. The molecule has 0 saturated carbocycles. The molecule has 2 aromatic heterocycles. The molecule has 0 radical (unpaired) electrons. The predicted octanol–water partition coefficient (Wildman–Crippen LogP) is 2.11. The zero-order valence-electron chi connectivity index (χ0n) is 23.9. The van der Waals surface area contributed by atoms with Crippen molar-refractivity contribution in [2.45, 2.75) is 32.2 Å². The number of anilines is 1. The normalized spacial score (nSPS) is 15.9. The van der Waals surface area contributed by atoms with Crippen LogP contribution >= 0.6 is 0 Å². The Morgan fingerprint density at radius 2 is 1.84 bits per heavy atom. The van der Waals surface area contributed by atoms with Gasteiger partial charge in [-0.1, -0.05) is 24.3 Å². The number of rotatable bonds is 9. The van der Waals surface area contributed by atoms with Crippen LogP contribution in [0.2, 0.25) is 0 Å². The minimum Gasteiger partial charge on any atom is -0.465 e. The monoisotopic (exact) mass is 611 g/mol. The van der Waals surface area contributed by atoms with Crippen LogP contribution in [0.25, 0.3) is 22.0 Å². The first-order chi connectivity index (χ1) is 21.0. The standard InChI is InChI=1S/C29H31F2N7O6/c1-17-15-36(9-10-37(17)26(41)23(39)14-34-29(42)43)28-32-12-20(13-33-28)18-7-8-21-22(11-18)38(35(2)25(21)40)16-19-5-3-4-6-24(19)44-27(30)31/h3-8,11-13,17,23,27,34,39H,9-10,14-16H2,1-2H3,(H,42,43). The topological polar surface area (TPSA) is 155 Å². The summed E-state index contributed by atoms with van der Waals surface area (Å²) in [7, 11) is 1.61. The van der Waals surface area contributed by atoms with Crippen LogP contribution in [0.4, 0.5) is 19.5 Å². The molecule has 1 saturated heterocycles. The minimum absolute atomic E-state index is 0.0304. The van der Waals surface area contributed by atoms with E-state index in [2.05, 4.69) is 14.7 Å². The van der Waals surface area contributed by atoms with Gasteiger partial charge in [-0.3, -0.25) is 19.0 Å². The average Bonchev–Trinajstić information content (AvgIpc) is 3.24. The largest absolute Gasteiger partial charge is 0.465 e. The maximum Gasteiger partial charge on any atom is 0.404 e. The molecule has 3 heterocycles. The van der Waals surface area contributed by atoms with Gasteiger partial charge in [-0.05, 0) is 30.7 Å². The minimum atomic E-state index is -2.98. The first kappa shape index (κ1) is 30.4.